The molecule has 0 radical (unpaired) electrons. The van der Waals surface area contributed by atoms with Gasteiger partial charge in [0.05, 0.1) is 0 Å². The number of hydrogen-bond acceptors (Lipinski definition) is 1. The van der Waals surface area contributed by atoms with Gasteiger partial charge in [0, 0.05) is 24.0 Å². The number of nitrogen functional groups attached to an aromatic ring is 1. The molecule has 1 aromatic rings. The van der Waals surface area contributed by atoms with Gasteiger partial charge in [-0.15, -0.1) is 6.42 Å². The summed E-state index contributed by atoms with van der Waals surface area (Å²) in [5.41, 5.74) is 9.53. The average Bonchev–Trinajstić information content (AvgIpc) is 2.17. The van der Waals surface area contributed by atoms with Crippen LogP contribution in [-0.2, 0) is 0 Å². The van der Waals surface area contributed by atoms with E-state index in [2.05, 4.69) is 57.7 Å². The van der Waals surface area contributed by atoms with E-state index in [1.54, 1.807) is 6.08 Å². The van der Waals surface area contributed by atoms with Crippen LogP contribution in [0.1, 0.15) is 16.7 Å². The molecule has 0 spiro atoms. The first kappa shape index (κ1) is 11.9. The van der Waals surface area contributed by atoms with Gasteiger partial charge in [0.1, 0.15) is 0 Å². The van der Waals surface area contributed by atoms with Gasteiger partial charge in [0.25, 0.3) is 0 Å². The molecule has 1 aromatic carbocycles. The van der Waals surface area contributed by atoms with E-state index in [9.17, 15) is 0 Å². The second-order valence-corrected chi connectivity index (χ2v) is 4.96. The van der Waals surface area contributed by atoms with E-state index in [0.29, 0.717) is 0 Å². The van der Waals surface area contributed by atoms with E-state index in [4.69, 9.17) is 12.2 Å². The fourth-order valence-electron chi connectivity index (χ4n) is 1.22. The first-order chi connectivity index (χ1) is 6.54. The summed E-state index contributed by atoms with van der Waals surface area (Å²) >= 11 is 4.48. The fraction of sp³-hybridized carbons (Fsp3) is 0.0909. The summed E-state index contributed by atoms with van der Waals surface area (Å²) in [6.07, 6.45) is 7.21. The first-order valence-electron chi connectivity index (χ1n) is 3.90. The number of halogens is 2. The molecule has 0 heterocycles. The number of hydrogen-bond donors (Lipinski definition) is 1. The van der Waals surface area contributed by atoms with Crippen molar-refractivity contribution in [2.75, 3.05) is 5.73 Å². The average molecular weight is 409 g/mol. The molecule has 0 atom stereocenters. The molecular weight excluding hydrogens is 400 g/mol. The van der Waals surface area contributed by atoms with Crippen LogP contribution in [-0.4, -0.2) is 0 Å². The highest BCUT2D eigenvalue weighted by atomic mass is 127. The maximum atomic E-state index is 5.96. The summed E-state index contributed by atoms with van der Waals surface area (Å²) in [7, 11) is 0. The van der Waals surface area contributed by atoms with Crippen molar-refractivity contribution in [2.45, 2.75) is 6.92 Å². The standard InChI is InChI=1S/C11H9I2N/c1-4-7-6(3)11(14)8(5-2)10(13)9(7)12/h1,5H,2,14H2,3H3. The van der Waals surface area contributed by atoms with Crippen molar-refractivity contribution >= 4 is 56.9 Å². The van der Waals surface area contributed by atoms with Gasteiger partial charge in [0.2, 0.25) is 0 Å². The van der Waals surface area contributed by atoms with E-state index in [0.717, 1.165) is 29.5 Å². The van der Waals surface area contributed by atoms with Gasteiger partial charge >= 0.3 is 0 Å². The van der Waals surface area contributed by atoms with E-state index in [1.807, 2.05) is 6.92 Å². The van der Waals surface area contributed by atoms with Gasteiger partial charge in [-0.1, -0.05) is 18.6 Å². The molecule has 0 aliphatic rings. The highest BCUT2D eigenvalue weighted by Crippen LogP contribution is 2.32. The minimum absolute atomic E-state index is 0.734. The number of rotatable bonds is 1. The molecule has 0 fully saturated rings. The molecule has 0 aromatic heterocycles. The lowest BCUT2D eigenvalue weighted by molar-refractivity contribution is 1.38. The Morgan fingerprint density at radius 3 is 2.43 bits per heavy atom. The van der Waals surface area contributed by atoms with Gasteiger partial charge in [-0.3, -0.25) is 0 Å². The summed E-state index contributed by atoms with van der Waals surface area (Å²) in [6.45, 7) is 5.69. The van der Waals surface area contributed by atoms with Crippen LogP contribution in [0.4, 0.5) is 5.69 Å². The maximum Gasteiger partial charge on any atom is 0.0441 e. The molecule has 1 nitrogen and oxygen atoms in total. The number of terminal acetylenes is 1. The third-order valence-electron chi connectivity index (χ3n) is 2.07. The molecule has 0 aliphatic carbocycles. The van der Waals surface area contributed by atoms with E-state index >= 15 is 0 Å². The largest absolute Gasteiger partial charge is 0.398 e. The van der Waals surface area contributed by atoms with E-state index < -0.39 is 0 Å². The van der Waals surface area contributed by atoms with Crippen molar-refractivity contribution in [1.29, 1.82) is 0 Å². The highest BCUT2D eigenvalue weighted by Gasteiger charge is 2.13. The molecule has 0 saturated carbocycles. The summed E-state index contributed by atoms with van der Waals surface area (Å²) in [5, 5.41) is 0. The van der Waals surface area contributed by atoms with Crippen molar-refractivity contribution in [3.8, 4) is 12.3 Å². The lowest BCUT2D eigenvalue weighted by Gasteiger charge is -2.12. The molecule has 0 bridgehead atoms. The van der Waals surface area contributed by atoms with Crippen LogP contribution in [0.25, 0.3) is 6.08 Å². The number of anilines is 1. The minimum Gasteiger partial charge on any atom is -0.398 e. The zero-order valence-electron chi connectivity index (χ0n) is 7.70. The van der Waals surface area contributed by atoms with Gasteiger partial charge < -0.3 is 5.73 Å². The van der Waals surface area contributed by atoms with Gasteiger partial charge in [-0.05, 0) is 57.7 Å². The minimum atomic E-state index is 0.734. The Hall–Kier alpha value is -0.220. The summed E-state index contributed by atoms with van der Waals surface area (Å²) < 4.78 is 2.15. The van der Waals surface area contributed by atoms with Crippen LogP contribution < -0.4 is 5.73 Å². The molecule has 0 unspecified atom stereocenters. The van der Waals surface area contributed by atoms with Crippen molar-refractivity contribution in [1.82, 2.24) is 0 Å². The van der Waals surface area contributed by atoms with Crippen molar-refractivity contribution < 1.29 is 0 Å². The maximum absolute atomic E-state index is 5.96. The molecule has 14 heavy (non-hydrogen) atoms. The highest BCUT2D eigenvalue weighted by molar-refractivity contribution is 14.1. The Bertz CT molecular complexity index is 413. The second-order valence-electron chi connectivity index (χ2n) is 2.80. The van der Waals surface area contributed by atoms with Crippen LogP contribution in [0, 0.1) is 26.4 Å². The van der Waals surface area contributed by atoms with Gasteiger partial charge in [-0.25, -0.2) is 0 Å². The molecule has 72 valence electrons. The number of nitrogens with two attached hydrogens (primary N) is 1. The zero-order chi connectivity index (χ0) is 10.9. The molecule has 1 rings (SSSR count). The van der Waals surface area contributed by atoms with E-state index in [-0.39, 0.29) is 0 Å². The molecular formula is C11H9I2N. The second kappa shape index (κ2) is 4.53. The fourth-order valence-corrected chi connectivity index (χ4v) is 2.85. The van der Waals surface area contributed by atoms with Crippen molar-refractivity contribution in [3.63, 3.8) is 0 Å². The van der Waals surface area contributed by atoms with Crippen LogP contribution in [0.3, 0.4) is 0 Å². The SMILES string of the molecule is C#Cc1c(C)c(N)c(C=C)c(I)c1I. The monoisotopic (exact) mass is 409 g/mol. The Kier molecular flexibility index (Phi) is 3.84. The van der Waals surface area contributed by atoms with E-state index in [1.165, 1.54) is 0 Å². The van der Waals surface area contributed by atoms with Crippen molar-refractivity contribution in [2.24, 2.45) is 0 Å². The summed E-state index contributed by atoms with van der Waals surface area (Å²) in [4.78, 5) is 0. The molecule has 3 heteroatoms. The third-order valence-corrected chi connectivity index (χ3v) is 5.30. The molecule has 2 N–H and O–H groups in total. The van der Waals surface area contributed by atoms with Crippen LogP contribution in [0.15, 0.2) is 6.58 Å². The van der Waals surface area contributed by atoms with Gasteiger partial charge in [0.15, 0.2) is 0 Å². The quantitative estimate of drug-likeness (QED) is 0.430. The van der Waals surface area contributed by atoms with Crippen LogP contribution in [0.5, 0.6) is 0 Å². The predicted octanol–water partition coefficient (Wildman–Crippen LogP) is 3.41. The smallest absolute Gasteiger partial charge is 0.0441 e. The van der Waals surface area contributed by atoms with Crippen LogP contribution in [0.2, 0.25) is 0 Å². The Morgan fingerprint density at radius 1 is 1.43 bits per heavy atom. The van der Waals surface area contributed by atoms with Gasteiger partial charge in [-0.2, -0.15) is 0 Å². The predicted molar refractivity (Wildman–Crippen MR) is 79.1 cm³/mol. The summed E-state index contributed by atoms with van der Waals surface area (Å²) in [5.74, 6) is 2.67. The first-order valence-corrected chi connectivity index (χ1v) is 6.06. The molecule has 0 amide bonds. The zero-order valence-corrected chi connectivity index (χ0v) is 12.0. The van der Waals surface area contributed by atoms with Crippen LogP contribution >= 0.6 is 45.2 Å². The molecule has 0 saturated heterocycles. The number of benzene rings is 1. The third kappa shape index (κ3) is 1.77. The molecule has 0 aliphatic heterocycles. The summed E-state index contributed by atoms with van der Waals surface area (Å²) in [6, 6.07) is 0. The Morgan fingerprint density at radius 2 is 2.00 bits per heavy atom. The normalized spacial score (nSPS) is 9.57. The lowest BCUT2D eigenvalue weighted by atomic mass is 10.0. The van der Waals surface area contributed by atoms with Crippen molar-refractivity contribution in [3.05, 3.63) is 30.4 Å². The lowest BCUT2D eigenvalue weighted by Crippen LogP contribution is -2.02. The topological polar surface area (TPSA) is 26.0 Å². The Labute approximate surface area is 111 Å². The Balaban J connectivity index is 3.74.